The molecule has 0 rings (SSSR count). The van der Waals surface area contributed by atoms with Crippen LogP contribution in [-0.4, -0.2) is 48.7 Å². The molecule has 0 amide bonds. The van der Waals surface area contributed by atoms with Gasteiger partial charge in [-0.25, -0.2) is 0 Å². The number of hydrogen-bond acceptors (Lipinski definition) is 0. The van der Waals surface area contributed by atoms with Crippen molar-refractivity contribution >= 4 is 37.7 Å². The van der Waals surface area contributed by atoms with E-state index >= 15 is 0 Å². The first-order valence-corrected chi connectivity index (χ1v) is 0. The predicted molar refractivity (Wildman–Crippen MR) is 13.0 cm³/mol. The second-order valence-corrected chi connectivity index (χ2v) is 0. The third-order valence-electron chi connectivity index (χ3n) is 0. The molecular weight excluding hydrogens is 208 g/mol. The first-order valence-electron chi connectivity index (χ1n) is 0. The Kier molecular flexibility index (Phi) is 710. The Morgan fingerprint density at radius 2 is 0.667 bits per heavy atom. The van der Waals surface area contributed by atoms with Gasteiger partial charge in [-0.2, -0.15) is 0 Å². The summed E-state index contributed by atoms with van der Waals surface area (Å²) in [5.41, 5.74) is 0. The third kappa shape index (κ3) is 32.6. The minimum Gasteiger partial charge on any atom is -1.00 e. The van der Waals surface area contributed by atoms with E-state index in [0.29, 0.717) is 0 Å². The molecule has 0 radical (unpaired) electrons. The molecule has 0 atom stereocenters. The molecule has 6 heteroatoms. The maximum absolute atomic E-state index is 0. The molecule has 0 bridgehead atoms. The number of rotatable bonds is 0. The van der Waals surface area contributed by atoms with E-state index in [1.807, 2.05) is 0 Å². The van der Waals surface area contributed by atoms with Crippen LogP contribution < -0.4 is 24.8 Å². The van der Waals surface area contributed by atoms with Gasteiger partial charge in [0, 0.05) is 19.5 Å². The molecule has 0 fully saturated rings. The summed E-state index contributed by atoms with van der Waals surface area (Å²) in [6.07, 6.45) is 0. The van der Waals surface area contributed by atoms with Crippen LogP contribution in [-0.2, 0) is 19.5 Å². The smallest absolute Gasteiger partial charge is 1.00 e. The summed E-state index contributed by atoms with van der Waals surface area (Å²) in [6, 6.07) is 0. The van der Waals surface area contributed by atoms with E-state index in [1.165, 1.54) is 0 Å². The van der Waals surface area contributed by atoms with Crippen LogP contribution in [0.25, 0.3) is 0 Å². The van der Waals surface area contributed by atoms with E-state index in [9.17, 15) is 0 Å². The van der Waals surface area contributed by atoms with Crippen molar-refractivity contribution in [1.82, 2.24) is 0 Å². The zero-order valence-corrected chi connectivity index (χ0v) is 9.86. The number of halogens is 2. The van der Waals surface area contributed by atoms with Crippen molar-refractivity contribution in [2.75, 3.05) is 0 Å². The molecule has 0 saturated heterocycles. The number of hydrogen-bond donors (Lipinski definition) is 0. The molecule has 0 aromatic rings. The van der Waals surface area contributed by atoms with Gasteiger partial charge in [0.1, 0.15) is 0 Å². The molecule has 0 aliphatic rings. The zero-order valence-electron chi connectivity index (χ0n) is 3.17. The van der Waals surface area contributed by atoms with Crippen molar-refractivity contribution < 1.29 is 55.2 Å². The first kappa shape index (κ1) is 80.5. The van der Waals surface area contributed by atoms with E-state index < -0.39 is 0 Å². The van der Waals surface area contributed by atoms with E-state index in [0.717, 1.165) is 0 Å². The molecule has 2 nitrogen and oxygen atoms in total. The molecule has 4 N–H and O–H groups in total. The van der Waals surface area contributed by atoms with Crippen molar-refractivity contribution in [2.45, 2.75) is 0 Å². The molecule has 0 saturated carbocycles. The zero-order chi connectivity index (χ0) is 0. The third-order valence-corrected chi connectivity index (χ3v) is 0. The predicted octanol–water partition coefficient (Wildman–Crippen LogP) is -8.02. The van der Waals surface area contributed by atoms with Crippen LogP contribution in [0.1, 0.15) is 0 Å². The normalized spacial score (nSPS) is 0. The first-order chi connectivity index (χ1) is 0. The van der Waals surface area contributed by atoms with Gasteiger partial charge in [-0.05, 0) is 0 Å². The minimum absolute atomic E-state index is 0. The van der Waals surface area contributed by atoms with Crippen molar-refractivity contribution in [2.24, 2.45) is 0 Å². The van der Waals surface area contributed by atoms with E-state index in [-0.39, 0.29) is 93.0 Å². The Morgan fingerprint density at radius 3 is 0.667 bits per heavy atom. The topological polar surface area (TPSA) is 63.0 Å². The van der Waals surface area contributed by atoms with Crippen molar-refractivity contribution in [3.8, 4) is 0 Å². The summed E-state index contributed by atoms with van der Waals surface area (Å²) in [5.74, 6) is 0. The van der Waals surface area contributed by atoms with Gasteiger partial charge in [0.2, 0.25) is 0 Å². The molecule has 34 valence electrons. The Morgan fingerprint density at radius 1 is 0.667 bits per heavy atom. The van der Waals surface area contributed by atoms with Gasteiger partial charge in [-0.3, -0.25) is 0 Å². The molecule has 0 heterocycles. The maximum atomic E-state index is 0. The maximum Gasteiger partial charge on any atom is 2.00 e. The minimum atomic E-state index is 0. The molecular formula is H4CaCl2O2Zn. The van der Waals surface area contributed by atoms with Crippen molar-refractivity contribution in [3.05, 3.63) is 0 Å². The van der Waals surface area contributed by atoms with Crippen LogP contribution in [0.2, 0.25) is 0 Å². The van der Waals surface area contributed by atoms with E-state index in [4.69, 9.17) is 0 Å². The van der Waals surface area contributed by atoms with Crippen LogP contribution >= 0.6 is 0 Å². The SMILES string of the molecule is O.O.[Ca+2].[Cl-].[Cl-].[Zn]. The van der Waals surface area contributed by atoms with Gasteiger partial charge in [0.15, 0.2) is 0 Å². The van der Waals surface area contributed by atoms with Crippen LogP contribution in [0, 0.1) is 0 Å². The Balaban J connectivity index is 0. The van der Waals surface area contributed by atoms with Gasteiger partial charge >= 0.3 is 37.7 Å². The van der Waals surface area contributed by atoms with Gasteiger partial charge in [-0.15, -0.1) is 0 Å². The second kappa shape index (κ2) is 53.0. The van der Waals surface area contributed by atoms with Crippen molar-refractivity contribution in [3.63, 3.8) is 0 Å². The summed E-state index contributed by atoms with van der Waals surface area (Å²) in [6.45, 7) is 0. The van der Waals surface area contributed by atoms with Gasteiger partial charge in [-0.1, -0.05) is 0 Å². The summed E-state index contributed by atoms with van der Waals surface area (Å²) < 4.78 is 0. The van der Waals surface area contributed by atoms with Crippen molar-refractivity contribution in [1.29, 1.82) is 0 Å². The molecule has 0 spiro atoms. The molecule has 0 aliphatic carbocycles. The molecule has 0 aromatic carbocycles. The fourth-order valence-electron chi connectivity index (χ4n) is 0. The average Bonchev–Trinajstić information content (AvgIpc) is 0. The van der Waals surface area contributed by atoms with Gasteiger partial charge < -0.3 is 35.8 Å². The van der Waals surface area contributed by atoms with Crippen LogP contribution in [0.4, 0.5) is 0 Å². The van der Waals surface area contributed by atoms with Crippen LogP contribution in [0.3, 0.4) is 0 Å². The molecule has 6 heavy (non-hydrogen) atoms. The Bertz CT molecular complexity index is 11.5. The van der Waals surface area contributed by atoms with E-state index in [1.54, 1.807) is 0 Å². The fraction of sp³-hybridized carbons (Fsp3) is 0. The summed E-state index contributed by atoms with van der Waals surface area (Å²) in [5, 5.41) is 0. The van der Waals surface area contributed by atoms with Crippen LogP contribution in [0.5, 0.6) is 0 Å². The van der Waals surface area contributed by atoms with E-state index in [2.05, 4.69) is 0 Å². The largest absolute Gasteiger partial charge is 2.00 e. The molecule has 0 aromatic heterocycles. The summed E-state index contributed by atoms with van der Waals surface area (Å²) in [7, 11) is 0. The van der Waals surface area contributed by atoms with Crippen LogP contribution in [0.15, 0.2) is 0 Å². The quantitative estimate of drug-likeness (QED) is 0.358. The molecule has 0 unspecified atom stereocenters. The fourth-order valence-corrected chi connectivity index (χ4v) is 0. The molecule has 0 aliphatic heterocycles. The average molecular weight is 212 g/mol. The van der Waals surface area contributed by atoms with Gasteiger partial charge in [0.05, 0.1) is 0 Å². The summed E-state index contributed by atoms with van der Waals surface area (Å²) in [4.78, 5) is 0. The Labute approximate surface area is 91.6 Å². The Hall–Kier alpha value is 2.38. The second-order valence-electron chi connectivity index (χ2n) is 0. The van der Waals surface area contributed by atoms with Gasteiger partial charge in [0.25, 0.3) is 0 Å². The standard InChI is InChI=1S/Ca.2ClH.2H2O.Zn/h;2*1H;2*1H2;/q+2;;;;;/p-2. The summed E-state index contributed by atoms with van der Waals surface area (Å²) >= 11 is 0. The monoisotopic (exact) mass is 210 g/mol.